The standard InChI is InChI=1S/C22H19FN4O/c1-26-21-15(23)7-12(11-28)8-17(21)25-22(26)18-9-14-3-2-4-16-20(14)27(18)19(10-24-16)13-5-6-13/h2-4,7-9,11,13,19,24H,5-6,10H2,1H3. The van der Waals surface area contributed by atoms with Gasteiger partial charge in [-0.3, -0.25) is 4.79 Å². The SMILES string of the molecule is Cn1c(-c2cc3cccc4c3n2C(C2CC2)CN4)nc2cc(C=O)cc(F)c21. The van der Waals surface area contributed by atoms with Crippen LogP contribution in [0.2, 0.25) is 0 Å². The Morgan fingerprint density at radius 3 is 2.86 bits per heavy atom. The van der Waals surface area contributed by atoms with Gasteiger partial charge in [0.25, 0.3) is 0 Å². The van der Waals surface area contributed by atoms with Crippen molar-refractivity contribution in [2.75, 3.05) is 11.9 Å². The highest BCUT2D eigenvalue weighted by Gasteiger charge is 2.37. The molecule has 0 bridgehead atoms. The molecule has 1 fully saturated rings. The van der Waals surface area contributed by atoms with Crippen LogP contribution >= 0.6 is 0 Å². The van der Waals surface area contributed by atoms with Crippen LogP contribution in [-0.2, 0) is 7.05 Å². The monoisotopic (exact) mass is 374 g/mol. The first kappa shape index (κ1) is 15.9. The van der Waals surface area contributed by atoms with Gasteiger partial charge in [0.1, 0.15) is 17.6 Å². The third kappa shape index (κ3) is 2.06. The number of hydrogen-bond acceptors (Lipinski definition) is 3. The molecule has 6 rings (SSSR count). The summed E-state index contributed by atoms with van der Waals surface area (Å²) < 4.78 is 18.9. The van der Waals surface area contributed by atoms with Crippen molar-refractivity contribution < 1.29 is 9.18 Å². The molecule has 1 atom stereocenters. The fraction of sp³-hybridized carbons (Fsp3) is 0.273. The Labute approximate surface area is 160 Å². The van der Waals surface area contributed by atoms with Crippen molar-refractivity contribution in [3.8, 4) is 11.5 Å². The molecule has 5 nitrogen and oxygen atoms in total. The number of aldehydes is 1. The summed E-state index contributed by atoms with van der Waals surface area (Å²) >= 11 is 0. The zero-order valence-electron chi connectivity index (χ0n) is 15.4. The zero-order valence-corrected chi connectivity index (χ0v) is 15.4. The number of nitrogens with zero attached hydrogens (tertiary/aromatic N) is 3. The van der Waals surface area contributed by atoms with Crippen LogP contribution in [0.5, 0.6) is 0 Å². The van der Waals surface area contributed by atoms with Crippen LogP contribution < -0.4 is 5.32 Å². The number of halogens is 1. The number of para-hydroxylation sites is 1. The minimum Gasteiger partial charge on any atom is -0.381 e. The normalized spacial score (nSPS) is 18.6. The second kappa shape index (κ2) is 5.44. The van der Waals surface area contributed by atoms with E-state index in [0.717, 1.165) is 29.1 Å². The molecule has 140 valence electrons. The Bertz CT molecular complexity index is 1280. The van der Waals surface area contributed by atoms with Crippen LogP contribution in [0.25, 0.3) is 33.5 Å². The predicted octanol–water partition coefficient (Wildman–Crippen LogP) is 4.52. The molecule has 6 heteroatoms. The maximum atomic E-state index is 14.7. The molecular formula is C22H19FN4O. The van der Waals surface area contributed by atoms with E-state index in [9.17, 15) is 9.18 Å². The van der Waals surface area contributed by atoms with Gasteiger partial charge in [0.05, 0.1) is 28.5 Å². The largest absolute Gasteiger partial charge is 0.381 e. The molecule has 2 aromatic carbocycles. The number of benzene rings is 2. The summed E-state index contributed by atoms with van der Waals surface area (Å²) in [5, 5.41) is 4.74. The number of carbonyl (C=O) groups excluding carboxylic acids is 1. The summed E-state index contributed by atoms with van der Waals surface area (Å²) in [4.78, 5) is 15.9. The first-order chi connectivity index (χ1) is 13.7. The minimum absolute atomic E-state index is 0.304. The third-order valence-corrected chi connectivity index (χ3v) is 6.17. The highest BCUT2D eigenvalue weighted by atomic mass is 19.1. The molecule has 0 amide bonds. The first-order valence-electron chi connectivity index (χ1n) is 9.65. The maximum absolute atomic E-state index is 14.7. The van der Waals surface area contributed by atoms with Gasteiger partial charge in [-0.05, 0) is 43.0 Å². The maximum Gasteiger partial charge on any atom is 0.157 e. The summed E-state index contributed by atoms with van der Waals surface area (Å²) in [7, 11) is 1.84. The smallest absolute Gasteiger partial charge is 0.157 e. The summed E-state index contributed by atoms with van der Waals surface area (Å²) in [6, 6.07) is 11.7. The first-order valence-corrected chi connectivity index (χ1v) is 9.65. The predicted molar refractivity (Wildman–Crippen MR) is 107 cm³/mol. The summed E-state index contributed by atoms with van der Waals surface area (Å²) in [6.07, 6.45) is 3.15. The average Bonchev–Trinajstić information content (AvgIpc) is 3.39. The summed E-state index contributed by atoms with van der Waals surface area (Å²) in [6.45, 7) is 0.895. The second-order valence-electron chi connectivity index (χ2n) is 7.91. The highest BCUT2D eigenvalue weighted by Crippen LogP contribution is 2.47. The lowest BCUT2D eigenvalue weighted by molar-refractivity contribution is 0.112. The van der Waals surface area contributed by atoms with Crippen molar-refractivity contribution in [1.29, 1.82) is 0 Å². The molecule has 1 saturated carbocycles. The number of imidazole rings is 1. The quantitative estimate of drug-likeness (QED) is 0.536. The number of hydrogen-bond donors (Lipinski definition) is 1. The molecule has 0 radical (unpaired) electrons. The second-order valence-corrected chi connectivity index (χ2v) is 7.91. The van der Waals surface area contributed by atoms with E-state index in [1.807, 2.05) is 11.6 Å². The number of aryl methyl sites for hydroxylation is 1. The molecule has 28 heavy (non-hydrogen) atoms. The van der Waals surface area contributed by atoms with Gasteiger partial charge in [0.2, 0.25) is 0 Å². The van der Waals surface area contributed by atoms with Crippen molar-refractivity contribution in [2.45, 2.75) is 18.9 Å². The van der Waals surface area contributed by atoms with Gasteiger partial charge in [-0.2, -0.15) is 0 Å². The Morgan fingerprint density at radius 1 is 1.21 bits per heavy atom. The number of rotatable bonds is 3. The van der Waals surface area contributed by atoms with Crippen LogP contribution in [0, 0.1) is 11.7 Å². The van der Waals surface area contributed by atoms with Crippen LogP contribution in [-0.4, -0.2) is 26.9 Å². The van der Waals surface area contributed by atoms with Gasteiger partial charge >= 0.3 is 0 Å². The fourth-order valence-corrected chi connectivity index (χ4v) is 4.72. The molecule has 2 aliphatic rings. The minimum atomic E-state index is -0.420. The lowest BCUT2D eigenvalue weighted by Gasteiger charge is -2.29. The topological polar surface area (TPSA) is 51.9 Å². The number of anilines is 1. The molecular weight excluding hydrogens is 355 g/mol. The number of nitrogens with one attached hydrogen (secondary N) is 1. The van der Waals surface area contributed by atoms with E-state index < -0.39 is 5.82 Å². The average molecular weight is 374 g/mol. The van der Waals surface area contributed by atoms with Gasteiger partial charge < -0.3 is 14.5 Å². The van der Waals surface area contributed by atoms with Crippen LogP contribution in [0.3, 0.4) is 0 Å². The van der Waals surface area contributed by atoms with Crippen LogP contribution in [0.1, 0.15) is 29.2 Å². The number of fused-ring (bicyclic) bond motifs is 1. The van der Waals surface area contributed by atoms with E-state index in [1.165, 1.54) is 24.4 Å². The highest BCUT2D eigenvalue weighted by molar-refractivity contribution is 5.97. The van der Waals surface area contributed by atoms with Crippen molar-refractivity contribution in [3.63, 3.8) is 0 Å². The molecule has 2 aromatic heterocycles. The molecule has 0 spiro atoms. The van der Waals surface area contributed by atoms with E-state index in [1.54, 1.807) is 6.07 Å². The van der Waals surface area contributed by atoms with Crippen molar-refractivity contribution in [3.05, 3.63) is 47.8 Å². The van der Waals surface area contributed by atoms with E-state index >= 15 is 0 Å². The van der Waals surface area contributed by atoms with E-state index in [2.05, 4.69) is 34.1 Å². The van der Waals surface area contributed by atoms with Gasteiger partial charge in [-0.15, -0.1) is 0 Å². The van der Waals surface area contributed by atoms with Gasteiger partial charge in [-0.25, -0.2) is 9.37 Å². The van der Waals surface area contributed by atoms with Gasteiger partial charge in [0.15, 0.2) is 5.82 Å². The molecule has 4 aromatic rings. The molecule has 3 heterocycles. The molecule has 1 unspecified atom stereocenters. The lowest BCUT2D eigenvalue weighted by Crippen LogP contribution is -2.26. The van der Waals surface area contributed by atoms with Crippen LogP contribution in [0.15, 0.2) is 36.4 Å². The van der Waals surface area contributed by atoms with Crippen LogP contribution in [0.4, 0.5) is 10.1 Å². The number of aromatic nitrogens is 3. The molecule has 0 saturated heterocycles. The van der Waals surface area contributed by atoms with E-state index in [4.69, 9.17) is 4.98 Å². The van der Waals surface area contributed by atoms with E-state index in [0.29, 0.717) is 34.8 Å². The Morgan fingerprint density at radius 2 is 2.07 bits per heavy atom. The van der Waals surface area contributed by atoms with Gasteiger partial charge in [-0.1, -0.05) is 12.1 Å². The van der Waals surface area contributed by atoms with Crippen molar-refractivity contribution in [1.82, 2.24) is 14.1 Å². The summed E-state index contributed by atoms with van der Waals surface area (Å²) in [5.74, 6) is 0.978. The molecule has 1 N–H and O–H groups in total. The van der Waals surface area contributed by atoms with Gasteiger partial charge in [0, 0.05) is 24.5 Å². The van der Waals surface area contributed by atoms with Crippen molar-refractivity contribution >= 4 is 33.9 Å². The number of carbonyl (C=O) groups is 1. The zero-order chi connectivity index (χ0) is 19.0. The molecule has 1 aliphatic heterocycles. The Hall–Kier alpha value is -3.15. The summed E-state index contributed by atoms with van der Waals surface area (Å²) in [5.41, 5.74) is 4.58. The Balaban J connectivity index is 1.67. The van der Waals surface area contributed by atoms with Crippen molar-refractivity contribution in [2.24, 2.45) is 13.0 Å². The van der Waals surface area contributed by atoms with E-state index in [-0.39, 0.29) is 0 Å². The molecule has 1 aliphatic carbocycles. The fourth-order valence-electron chi connectivity index (χ4n) is 4.72. The third-order valence-electron chi connectivity index (χ3n) is 6.17. The Kier molecular flexibility index (Phi) is 3.08. The lowest BCUT2D eigenvalue weighted by atomic mass is 10.1.